The first-order valence-corrected chi connectivity index (χ1v) is 7.49. The lowest BCUT2D eigenvalue weighted by Crippen LogP contribution is -2.64. The number of esters is 1. The zero-order valence-corrected chi connectivity index (χ0v) is 11.8. The van der Waals surface area contributed by atoms with E-state index in [9.17, 15) is 15.0 Å². The Morgan fingerprint density at radius 2 is 1.68 bits per heavy atom. The highest BCUT2D eigenvalue weighted by molar-refractivity contribution is 5.72. The van der Waals surface area contributed by atoms with Crippen LogP contribution in [-0.2, 0) is 9.53 Å². The molecule has 0 spiro atoms. The molecule has 4 heteroatoms. The lowest BCUT2D eigenvalue weighted by atomic mass is 9.51. The number of carbonyl (C=O) groups excluding carboxylic acids is 1. The summed E-state index contributed by atoms with van der Waals surface area (Å²) in [7, 11) is 0. The molecule has 2 N–H and O–H groups in total. The molecule has 4 nitrogen and oxygen atoms in total. The van der Waals surface area contributed by atoms with Crippen LogP contribution < -0.4 is 0 Å². The molecular formula is C15H24O4. The molecule has 4 bridgehead atoms. The minimum Gasteiger partial charge on any atom is -0.462 e. The summed E-state index contributed by atoms with van der Waals surface area (Å²) in [6, 6.07) is 0. The van der Waals surface area contributed by atoms with Crippen LogP contribution in [-0.4, -0.2) is 33.5 Å². The summed E-state index contributed by atoms with van der Waals surface area (Å²) in [4.78, 5) is 12.0. The van der Waals surface area contributed by atoms with Gasteiger partial charge in [0.2, 0.25) is 0 Å². The van der Waals surface area contributed by atoms with Crippen LogP contribution in [0.1, 0.15) is 52.4 Å². The first-order chi connectivity index (χ1) is 8.84. The second-order valence-corrected chi connectivity index (χ2v) is 7.17. The first-order valence-electron chi connectivity index (χ1n) is 7.49. The highest BCUT2D eigenvalue weighted by Crippen LogP contribution is 2.58. The van der Waals surface area contributed by atoms with Crippen molar-refractivity contribution in [1.29, 1.82) is 0 Å². The van der Waals surface area contributed by atoms with Gasteiger partial charge in [-0.1, -0.05) is 13.8 Å². The predicted octanol–water partition coefficient (Wildman–Crippen LogP) is 1.63. The predicted molar refractivity (Wildman–Crippen MR) is 69.3 cm³/mol. The summed E-state index contributed by atoms with van der Waals surface area (Å²) in [6.45, 7) is 3.87. The van der Waals surface area contributed by atoms with E-state index in [4.69, 9.17) is 4.74 Å². The molecule has 0 heterocycles. The normalized spacial score (nSPS) is 49.2. The van der Waals surface area contributed by atoms with E-state index in [1.165, 1.54) is 0 Å². The molecule has 0 amide bonds. The van der Waals surface area contributed by atoms with Crippen molar-refractivity contribution in [2.45, 2.75) is 69.7 Å². The van der Waals surface area contributed by atoms with E-state index < -0.39 is 11.2 Å². The van der Waals surface area contributed by atoms with E-state index in [1.54, 1.807) is 0 Å². The fraction of sp³-hybridized carbons (Fsp3) is 0.933. The molecule has 4 aliphatic rings. The lowest BCUT2D eigenvalue weighted by molar-refractivity contribution is -0.243. The van der Waals surface area contributed by atoms with Crippen LogP contribution in [0.25, 0.3) is 0 Å². The van der Waals surface area contributed by atoms with Crippen molar-refractivity contribution in [1.82, 2.24) is 0 Å². The molecular weight excluding hydrogens is 244 g/mol. The monoisotopic (exact) mass is 268 g/mol. The molecule has 0 aliphatic heterocycles. The number of hydrogen-bond donors (Lipinski definition) is 2. The van der Waals surface area contributed by atoms with Gasteiger partial charge in [0.05, 0.1) is 17.1 Å². The summed E-state index contributed by atoms with van der Waals surface area (Å²) in [5.41, 5.74) is -1.44. The maximum absolute atomic E-state index is 12.0. The Morgan fingerprint density at radius 1 is 1.21 bits per heavy atom. The second kappa shape index (κ2) is 4.19. The smallest absolute Gasteiger partial charge is 0.308 e. The third-order valence-electron chi connectivity index (χ3n) is 5.42. The van der Waals surface area contributed by atoms with Gasteiger partial charge < -0.3 is 14.9 Å². The minimum absolute atomic E-state index is 0.0663. The molecule has 0 saturated heterocycles. The van der Waals surface area contributed by atoms with Gasteiger partial charge in [-0.15, -0.1) is 0 Å². The highest BCUT2D eigenvalue weighted by Gasteiger charge is 2.61. The van der Waals surface area contributed by atoms with Crippen LogP contribution in [0.15, 0.2) is 0 Å². The van der Waals surface area contributed by atoms with Crippen LogP contribution in [0.2, 0.25) is 0 Å². The average Bonchev–Trinajstić information content (AvgIpc) is 2.29. The maximum atomic E-state index is 12.0. The highest BCUT2D eigenvalue weighted by atomic mass is 16.5. The summed E-state index contributed by atoms with van der Waals surface area (Å²) in [6.07, 6.45) is 3.87. The lowest BCUT2D eigenvalue weighted by Gasteiger charge is -2.60. The van der Waals surface area contributed by atoms with Crippen LogP contribution in [0.5, 0.6) is 0 Å². The zero-order valence-electron chi connectivity index (χ0n) is 11.8. The van der Waals surface area contributed by atoms with Crippen LogP contribution in [0, 0.1) is 17.8 Å². The van der Waals surface area contributed by atoms with Crippen molar-refractivity contribution in [2.24, 2.45) is 17.8 Å². The first kappa shape index (κ1) is 13.4. The topological polar surface area (TPSA) is 66.8 Å². The Balaban J connectivity index is 1.74. The number of carbonyl (C=O) groups is 1. The largest absolute Gasteiger partial charge is 0.462 e. The Kier molecular flexibility index (Phi) is 2.95. The maximum Gasteiger partial charge on any atom is 0.308 e. The molecule has 4 saturated carbocycles. The van der Waals surface area contributed by atoms with E-state index in [1.807, 2.05) is 13.8 Å². The number of aliphatic hydroxyl groups is 2. The van der Waals surface area contributed by atoms with Crippen molar-refractivity contribution in [3.8, 4) is 0 Å². The van der Waals surface area contributed by atoms with Crippen LogP contribution in [0.4, 0.5) is 0 Å². The van der Waals surface area contributed by atoms with E-state index in [0.29, 0.717) is 32.1 Å². The van der Waals surface area contributed by atoms with Gasteiger partial charge in [0.15, 0.2) is 0 Å². The van der Waals surface area contributed by atoms with Gasteiger partial charge in [0.1, 0.15) is 6.10 Å². The van der Waals surface area contributed by atoms with Crippen molar-refractivity contribution < 1.29 is 19.7 Å². The molecule has 0 aromatic heterocycles. The van der Waals surface area contributed by atoms with Gasteiger partial charge in [-0.2, -0.15) is 0 Å². The van der Waals surface area contributed by atoms with Crippen molar-refractivity contribution in [3.05, 3.63) is 0 Å². The summed E-state index contributed by atoms with van der Waals surface area (Å²) in [5, 5.41) is 20.9. The van der Waals surface area contributed by atoms with Gasteiger partial charge in [-0.3, -0.25) is 4.79 Å². The van der Waals surface area contributed by atoms with Crippen LogP contribution in [0.3, 0.4) is 0 Å². The van der Waals surface area contributed by atoms with Gasteiger partial charge >= 0.3 is 5.97 Å². The minimum atomic E-state index is -0.722. The molecule has 0 aromatic rings. The molecule has 4 fully saturated rings. The summed E-state index contributed by atoms with van der Waals surface area (Å²) >= 11 is 0. The zero-order chi connectivity index (χ0) is 13.8. The molecule has 1 unspecified atom stereocenters. The molecule has 4 rings (SSSR count). The van der Waals surface area contributed by atoms with Crippen molar-refractivity contribution in [3.63, 3.8) is 0 Å². The summed E-state index contributed by atoms with van der Waals surface area (Å²) < 4.78 is 5.71. The number of ether oxygens (including phenoxy) is 1. The summed E-state index contributed by atoms with van der Waals surface area (Å²) in [5.74, 6) is 0.0656. The van der Waals surface area contributed by atoms with E-state index in [-0.39, 0.29) is 29.8 Å². The fourth-order valence-corrected chi connectivity index (χ4v) is 4.62. The van der Waals surface area contributed by atoms with Gasteiger partial charge in [0.25, 0.3) is 0 Å². The Hall–Kier alpha value is -0.610. The third kappa shape index (κ3) is 2.19. The molecule has 0 radical (unpaired) electrons. The van der Waals surface area contributed by atoms with E-state index >= 15 is 0 Å². The fourth-order valence-electron chi connectivity index (χ4n) is 4.62. The third-order valence-corrected chi connectivity index (χ3v) is 5.42. The standard InChI is InChI=1S/C15H24O4/c1-3-9(2)13(16)19-12-10-4-14(17)6-11(12)7-15(18,5-10)8-14/h9-12,17-18H,3-8H2,1-2H3. The van der Waals surface area contributed by atoms with Gasteiger partial charge in [-0.25, -0.2) is 0 Å². The molecule has 1 atom stereocenters. The molecule has 0 aromatic carbocycles. The Labute approximate surface area is 114 Å². The van der Waals surface area contributed by atoms with E-state index in [0.717, 1.165) is 6.42 Å². The Morgan fingerprint density at radius 3 is 2.11 bits per heavy atom. The molecule has 108 valence electrons. The SMILES string of the molecule is CCC(C)C(=O)OC1C2CC3(O)CC1CC(O)(C2)C3. The average molecular weight is 268 g/mol. The number of hydrogen-bond acceptors (Lipinski definition) is 4. The van der Waals surface area contributed by atoms with Crippen molar-refractivity contribution in [2.75, 3.05) is 0 Å². The quantitative estimate of drug-likeness (QED) is 0.763. The van der Waals surface area contributed by atoms with Crippen molar-refractivity contribution >= 4 is 5.97 Å². The van der Waals surface area contributed by atoms with Crippen LogP contribution >= 0.6 is 0 Å². The molecule has 4 aliphatic carbocycles. The van der Waals surface area contributed by atoms with Gasteiger partial charge in [0, 0.05) is 18.3 Å². The second-order valence-electron chi connectivity index (χ2n) is 7.17. The molecule has 19 heavy (non-hydrogen) atoms. The Bertz CT molecular complexity index is 356. The van der Waals surface area contributed by atoms with Gasteiger partial charge in [-0.05, 0) is 32.1 Å². The van der Waals surface area contributed by atoms with E-state index in [2.05, 4.69) is 0 Å². The number of rotatable bonds is 3.